The minimum atomic E-state index is 0.0843. The maximum atomic E-state index is 13.2. The van der Waals surface area contributed by atoms with E-state index in [0.29, 0.717) is 23.8 Å². The quantitative estimate of drug-likeness (QED) is 0.838. The molecule has 1 aromatic heterocycles. The van der Waals surface area contributed by atoms with Crippen LogP contribution in [0.1, 0.15) is 50.0 Å². The number of hydrogen-bond acceptors (Lipinski definition) is 3. The second-order valence-corrected chi connectivity index (χ2v) is 7.65. The zero-order chi connectivity index (χ0) is 17.4. The summed E-state index contributed by atoms with van der Waals surface area (Å²) < 4.78 is 0. The van der Waals surface area contributed by atoms with Crippen LogP contribution in [0, 0.1) is 0 Å². The molecule has 0 aliphatic carbocycles. The fourth-order valence-corrected chi connectivity index (χ4v) is 4.76. The van der Waals surface area contributed by atoms with Crippen molar-refractivity contribution in [1.82, 2.24) is 14.8 Å². The van der Waals surface area contributed by atoms with E-state index in [2.05, 4.69) is 23.7 Å². The van der Waals surface area contributed by atoms with Crippen LogP contribution in [-0.2, 0) is 0 Å². The lowest BCUT2D eigenvalue weighted by Gasteiger charge is -2.41. The van der Waals surface area contributed by atoms with Crippen LogP contribution in [0.3, 0.4) is 0 Å². The average Bonchev–Trinajstić information content (AvgIpc) is 2.99. The third kappa shape index (κ3) is 3.04. The van der Waals surface area contributed by atoms with Crippen molar-refractivity contribution < 1.29 is 4.79 Å². The molecule has 4 heteroatoms. The van der Waals surface area contributed by atoms with Crippen molar-refractivity contribution in [2.45, 2.75) is 57.7 Å². The molecule has 1 amide bonds. The third-order valence-corrected chi connectivity index (χ3v) is 6.00. The van der Waals surface area contributed by atoms with Crippen LogP contribution in [0.2, 0.25) is 0 Å². The predicted octanol–water partition coefficient (Wildman–Crippen LogP) is 3.71. The lowest BCUT2D eigenvalue weighted by molar-refractivity contribution is 0.0484. The van der Waals surface area contributed by atoms with Crippen LogP contribution in [0.5, 0.6) is 0 Å². The number of piperidine rings is 1. The number of fused-ring (bicyclic) bond motifs is 1. The van der Waals surface area contributed by atoms with E-state index in [1.54, 1.807) is 6.20 Å². The van der Waals surface area contributed by atoms with Gasteiger partial charge in [0.15, 0.2) is 0 Å². The molecule has 0 bridgehead atoms. The second-order valence-electron chi connectivity index (χ2n) is 7.65. The number of carbonyl (C=O) groups excluding carboxylic acids is 1. The fourth-order valence-electron chi connectivity index (χ4n) is 4.76. The van der Waals surface area contributed by atoms with Crippen molar-refractivity contribution >= 4 is 16.7 Å². The highest BCUT2D eigenvalue weighted by Gasteiger charge is 2.36. The number of aromatic nitrogens is 1. The maximum absolute atomic E-state index is 13.2. The van der Waals surface area contributed by atoms with E-state index in [1.165, 1.54) is 19.3 Å². The smallest absolute Gasteiger partial charge is 0.273 e. The minimum Gasteiger partial charge on any atom is -0.336 e. The van der Waals surface area contributed by atoms with Crippen LogP contribution in [0.4, 0.5) is 0 Å². The summed E-state index contributed by atoms with van der Waals surface area (Å²) in [4.78, 5) is 22.3. The molecule has 2 fully saturated rings. The number of rotatable bonds is 2. The third-order valence-electron chi connectivity index (χ3n) is 6.00. The molecular weight excluding hydrogens is 310 g/mol. The van der Waals surface area contributed by atoms with Crippen molar-refractivity contribution in [3.8, 4) is 0 Å². The molecule has 132 valence electrons. The Morgan fingerprint density at radius 3 is 2.64 bits per heavy atom. The van der Waals surface area contributed by atoms with Gasteiger partial charge in [-0.15, -0.1) is 0 Å². The molecule has 2 aliphatic rings. The molecule has 25 heavy (non-hydrogen) atoms. The van der Waals surface area contributed by atoms with E-state index in [-0.39, 0.29) is 5.91 Å². The number of amides is 1. The van der Waals surface area contributed by atoms with Gasteiger partial charge in [0, 0.05) is 42.8 Å². The van der Waals surface area contributed by atoms with Crippen molar-refractivity contribution in [1.29, 1.82) is 0 Å². The molecule has 4 rings (SSSR count). The van der Waals surface area contributed by atoms with Gasteiger partial charge in [0.2, 0.25) is 0 Å². The lowest BCUT2D eigenvalue weighted by Crippen LogP contribution is -2.52. The van der Waals surface area contributed by atoms with Crippen molar-refractivity contribution in [2.75, 3.05) is 13.1 Å². The Kier molecular flexibility index (Phi) is 4.46. The number of nitrogens with zero attached hydrogens (tertiary/aromatic N) is 3. The summed E-state index contributed by atoms with van der Waals surface area (Å²) in [6.45, 7) is 6.34. The maximum Gasteiger partial charge on any atom is 0.273 e. The zero-order valence-corrected chi connectivity index (χ0v) is 15.2. The van der Waals surface area contributed by atoms with E-state index < -0.39 is 0 Å². The molecule has 0 spiro atoms. The molecule has 0 N–H and O–H groups in total. The molecule has 1 aromatic carbocycles. The van der Waals surface area contributed by atoms with Crippen LogP contribution in [0.15, 0.2) is 36.5 Å². The molecule has 0 unspecified atom stereocenters. The molecule has 0 radical (unpaired) electrons. The van der Waals surface area contributed by atoms with Gasteiger partial charge < -0.3 is 4.90 Å². The molecule has 3 atom stereocenters. The van der Waals surface area contributed by atoms with Crippen LogP contribution >= 0.6 is 0 Å². The van der Waals surface area contributed by atoms with Crippen molar-refractivity contribution in [3.05, 3.63) is 42.2 Å². The standard InChI is InChI=1S/C21H27N3O/c1-15-9-10-16(2)24(15)18-7-5-13-23(14-18)21(25)20-19-8-4-3-6-17(19)11-12-22-20/h3-4,6,8,11-12,15-16,18H,5,7,9-10,13-14H2,1-2H3/t15-,16+,18-/m0/s1. The lowest BCUT2D eigenvalue weighted by atomic mass is 10.0. The summed E-state index contributed by atoms with van der Waals surface area (Å²) in [5.41, 5.74) is 0.598. The summed E-state index contributed by atoms with van der Waals surface area (Å²) in [6.07, 6.45) is 6.58. The first kappa shape index (κ1) is 16.5. The first-order valence-electron chi connectivity index (χ1n) is 9.55. The number of likely N-dealkylation sites (tertiary alicyclic amines) is 2. The van der Waals surface area contributed by atoms with E-state index >= 15 is 0 Å². The van der Waals surface area contributed by atoms with E-state index in [9.17, 15) is 4.79 Å². The topological polar surface area (TPSA) is 36.4 Å². The summed E-state index contributed by atoms with van der Waals surface area (Å²) in [6, 6.07) is 11.7. The average molecular weight is 337 g/mol. The van der Waals surface area contributed by atoms with Gasteiger partial charge in [-0.05, 0) is 51.0 Å². The van der Waals surface area contributed by atoms with Gasteiger partial charge in [-0.3, -0.25) is 14.7 Å². The highest BCUT2D eigenvalue weighted by molar-refractivity contribution is 6.05. The van der Waals surface area contributed by atoms with Gasteiger partial charge in [0.05, 0.1) is 0 Å². The van der Waals surface area contributed by atoms with Crippen molar-refractivity contribution in [2.24, 2.45) is 0 Å². The number of pyridine rings is 1. The Morgan fingerprint density at radius 2 is 1.84 bits per heavy atom. The van der Waals surface area contributed by atoms with Gasteiger partial charge in [0.25, 0.3) is 5.91 Å². The highest BCUT2D eigenvalue weighted by atomic mass is 16.2. The predicted molar refractivity (Wildman–Crippen MR) is 101 cm³/mol. The molecule has 2 saturated heterocycles. The fraction of sp³-hybridized carbons (Fsp3) is 0.524. The first-order chi connectivity index (χ1) is 12.1. The van der Waals surface area contributed by atoms with E-state index in [4.69, 9.17) is 0 Å². The van der Waals surface area contributed by atoms with E-state index in [0.717, 1.165) is 30.3 Å². The Hall–Kier alpha value is -1.94. The zero-order valence-electron chi connectivity index (χ0n) is 15.2. The Balaban J connectivity index is 1.57. The van der Waals surface area contributed by atoms with Gasteiger partial charge in [-0.1, -0.05) is 24.3 Å². The summed E-state index contributed by atoms with van der Waals surface area (Å²) in [7, 11) is 0. The minimum absolute atomic E-state index is 0.0843. The van der Waals surface area contributed by atoms with Gasteiger partial charge in [-0.2, -0.15) is 0 Å². The Labute approximate surface area is 149 Å². The molecule has 0 saturated carbocycles. The summed E-state index contributed by atoms with van der Waals surface area (Å²) in [5.74, 6) is 0.0843. The Bertz CT molecular complexity index is 759. The SMILES string of the molecule is C[C@@H]1CC[C@H](C)N1[C@H]1CCCN(C(=O)c2nccc3ccccc23)C1. The molecular formula is C21H27N3O. The summed E-state index contributed by atoms with van der Waals surface area (Å²) in [5, 5.41) is 2.04. The number of carbonyl (C=O) groups is 1. The molecule has 4 nitrogen and oxygen atoms in total. The van der Waals surface area contributed by atoms with E-state index in [1.807, 2.05) is 35.2 Å². The summed E-state index contributed by atoms with van der Waals surface area (Å²) >= 11 is 0. The van der Waals surface area contributed by atoms with Gasteiger partial charge in [-0.25, -0.2) is 0 Å². The number of benzene rings is 1. The number of hydrogen-bond donors (Lipinski definition) is 0. The Morgan fingerprint density at radius 1 is 1.08 bits per heavy atom. The van der Waals surface area contributed by atoms with Crippen molar-refractivity contribution in [3.63, 3.8) is 0 Å². The highest BCUT2D eigenvalue weighted by Crippen LogP contribution is 2.30. The molecule has 3 heterocycles. The first-order valence-corrected chi connectivity index (χ1v) is 9.55. The normalized spacial score (nSPS) is 27.8. The largest absolute Gasteiger partial charge is 0.336 e. The van der Waals surface area contributed by atoms with Gasteiger partial charge >= 0.3 is 0 Å². The molecule has 2 aromatic rings. The molecule has 2 aliphatic heterocycles. The van der Waals surface area contributed by atoms with Crippen LogP contribution < -0.4 is 0 Å². The van der Waals surface area contributed by atoms with Gasteiger partial charge in [0.1, 0.15) is 5.69 Å². The van der Waals surface area contributed by atoms with Crippen LogP contribution in [-0.4, -0.2) is 51.9 Å². The monoisotopic (exact) mass is 337 g/mol. The van der Waals surface area contributed by atoms with Crippen LogP contribution in [0.25, 0.3) is 10.8 Å². The second kappa shape index (κ2) is 6.75.